The van der Waals surface area contributed by atoms with Gasteiger partial charge in [-0.2, -0.15) is 11.8 Å². The van der Waals surface area contributed by atoms with Gasteiger partial charge in [-0.15, -0.1) is 0 Å². The van der Waals surface area contributed by atoms with Crippen LogP contribution in [0.2, 0.25) is 0 Å². The first-order valence-electron chi connectivity index (χ1n) is 17.5. The van der Waals surface area contributed by atoms with Gasteiger partial charge >= 0.3 is 0 Å². The van der Waals surface area contributed by atoms with Crippen LogP contribution in [0, 0.1) is 36.0 Å². The Kier molecular flexibility index (Phi) is 7.20. The summed E-state index contributed by atoms with van der Waals surface area (Å²) in [7, 11) is 0. The van der Waals surface area contributed by atoms with Crippen molar-refractivity contribution in [2.24, 2.45) is 29.1 Å². The zero-order chi connectivity index (χ0) is 31.0. The van der Waals surface area contributed by atoms with Crippen LogP contribution < -0.4 is 5.32 Å². The first kappa shape index (κ1) is 29.7. The van der Waals surface area contributed by atoms with E-state index < -0.39 is 5.54 Å². The Morgan fingerprint density at radius 3 is 2.20 bits per heavy atom. The monoisotopic (exact) mass is 623 g/mol. The molecule has 2 atom stereocenters. The fraction of sp³-hybridized carbons (Fsp3) is 0.590. The number of carbonyl (C=O) groups excluding carboxylic acids is 2. The number of aromatic amines is 1. The molecule has 5 saturated carbocycles. The van der Waals surface area contributed by atoms with Crippen molar-refractivity contribution in [3.63, 3.8) is 0 Å². The van der Waals surface area contributed by atoms with E-state index in [2.05, 4.69) is 84.5 Å². The molecule has 6 fully saturated rings. The van der Waals surface area contributed by atoms with Crippen LogP contribution in [0.5, 0.6) is 0 Å². The fourth-order valence-corrected chi connectivity index (χ4v) is 12.1. The molecular weight excluding hydrogens is 575 g/mol. The summed E-state index contributed by atoms with van der Waals surface area (Å²) < 4.78 is 0. The number of carbonyl (C=O) groups is 2. The maximum Gasteiger partial charge on any atom is 0.246 e. The lowest BCUT2D eigenvalue weighted by molar-refractivity contribution is -0.153. The predicted molar refractivity (Wildman–Crippen MR) is 183 cm³/mol. The molecule has 4 bridgehead atoms. The minimum absolute atomic E-state index is 0.0147. The van der Waals surface area contributed by atoms with Gasteiger partial charge in [0.25, 0.3) is 0 Å². The molecule has 45 heavy (non-hydrogen) atoms. The summed E-state index contributed by atoms with van der Waals surface area (Å²) in [6.45, 7) is 7.31. The molecule has 5 nitrogen and oxygen atoms in total. The minimum Gasteiger partial charge on any atom is -0.358 e. The summed E-state index contributed by atoms with van der Waals surface area (Å²) in [4.78, 5) is 35.4. The van der Waals surface area contributed by atoms with E-state index >= 15 is 0 Å². The summed E-state index contributed by atoms with van der Waals surface area (Å²) in [5.41, 5.74) is 4.00. The van der Waals surface area contributed by atoms with Crippen molar-refractivity contribution in [2.75, 3.05) is 11.5 Å². The average Bonchev–Trinajstić information content (AvgIpc) is 3.36. The Balaban J connectivity index is 1.11. The maximum absolute atomic E-state index is 14.9. The molecule has 6 heteroatoms. The lowest BCUT2D eigenvalue weighted by Gasteiger charge is -2.58. The second-order valence-corrected chi connectivity index (χ2v) is 17.3. The highest BCUT2D eigenvalue weighted by Crippen LogP contribution is 2.67. The van der Waals surface area contributed by atoms with E-state index in [-0.39, 0.29) is 28.7 Å². The van der Waals surface area contributed by atoms with Gasteiger partial charge in [0.15, 0.2) is 0 Å². The van der Waals surface area contributed by atoms with Crippen LogP contribution in [-0.2, 0) is 16.1 Å². The summed E-state index contributed by atoms with van der Waals surface area (Å²) >= 11 is 1.93. The van der Waals surface area contributed by atoms with E-state index in [9.17, 15) is 9.59 Å². The van der Waals surface area contributed by atoms with Crippen LogP contribution in [0.15, 0.2) is 54.6 Å². The van der Waals surface area contributed by atoms with Crippen molar-refractivity contribution in [1.29, 1.82) is 0 Å². The van der Waals surface area contributed by atoms with Gasteiger partial charge in [0.05, 0.1) is 0 Å². The number of hydrogen-bond acceptors (Lipinski definition) is 3. The number of fused-ring (bicyclic) bond motifs is 1. The van der Waals surface area contributed by atoms with Gasteiger partial charge in [-0.05, 0) is 122 Å². The number of amides is 2. The molecule has 0 spiro atoms. The van der Waals surface area contributed by atoms with Crippen LogP contribution in [0.4, 0.5) is 0 Å². The summed E-state index contributed by atoms with van der Waals surface area (Å²) in [6, 6.07) is 18.9. The van der Waals surface area contributed by atoms with Crippen LogP contribution in [0.25, 0.3) is 10.9 Å². The van der Waals surface area contributed by atoms with Gasteiger partial charge in [0, 0.05) is 35.1 Å². The van der Waals surface area contributed by atoms with Gasteiger partial charge in [-0.1, -0.05) is 62.4 Å². The van der Waals surface area contributed by atoms with E-state index in [1.165, 1.54) is 41.4 Å². The molecule has 2 heterocycles. The molecule has 3 aromatic rings. The van der Waals surface area contributed by atoms with Gasteiger partial charge < -0.3 is 15.2 Å². The molecule has 2 amide bonds. The third-order valence-electron chi connectivity index (χ3n) is 12.9. The molecule has 1 saturated heterocycles. The standard InChI is InChI=1S/C39H49N3O2S/c1-25-34(30-11-7-8-12-32(30)40-25)35-31(37(35,2)3)20-33(43)42(24-26-9-5-4-6-10-26)39(13-15-45-16-14-39)36(44)41-38-21-27-17-28(22-38)19-29(18-27)23-38/h4-12,27-29,31,35,40H,13-24H2,1-3H3,(H,41,44). The highest BCUT2D eigenvalue weighted by atomic mass is 32.2. The molecular formula is C39H49N3O2S. The topological polar surface area (TPSA) is 65.2 Å². The quantitative estimate of drug-likeness (QED) is 0.267. The first-order chi connectivity index (χ1) is 21.7. The number of para-hydroxylation sites is 1. The SMILES string of the molecule is Cc1[nH]c2ccccc2c1C1C(CC(=O)N(Cc2ccccc2)C2(C(=O)NC34CC5CC(CC(C5)C3)C4)CCSCC2)C1(C)C. The highest BCUT2D eigenvalue weighted by molar-refractivity contribution is 7.99. The van der Waals surface area contributed by atoms with Gasteiger partial charge in [-0.3, -0.25) is 9.59 Å². The number of thioether (sulfide) groups is 1. The molecule has 2 unspecified atom stereocenters. The number of nitrogens with one attached hydrogen (secondary N) is 2. The molecule has 9 rings (SSSR count). The summed E-state index contributed by atoms with van der Waals surface area (Å²) in [6.07, 6.45) is 9.37. The second-order valence-electron chi connectivity index (χ2n) is 16.1. The number of H-pyrrole nitrogens is 1. The zero-order valence-electron chi connectivity index (χ0n) is 27.2. The molecule has 2 N–H and O–H groups in total. The number of rotatable bonds is 8. The number of nitrogens with zero attached hydrogens (tertiary/aromatic N) is 1. The molecule has 2 aromatic carbocycles. The zero-order valence-corrected chi connectivity index (χ0v) is 28.1. The summed E-state index contributed by atoms with van der Waals surface area (Å²) in [5.74, 6) is 4.95. The van der Waals surface area contributed by atoms with Crippen molar-refractivity contribution in [3.8, 4) is 0 Å². The predicted octanol–water partition coefficient (Wildman–Crippen LogP) is 7.99. The first-order valence-corrected chi connectivity index (χ1v) is 18.6. The Labute approximate surface area is 272 Å². The van der Waals surface area contributed by atoms with Crippen LogP contribution in [0.1, 0.15) is 94.4 Å². The Bertz CT molecular complexity index is 1570. The molecule has 1 aliphatic heterocycles. The molecule has 0 radical (unpaired) electrons. The van der Waals surface area contributed by atoms with Crippen LogP contribution >= 0.6 is 11.8 Å². The summed E-state index contributed by atoms with van der Waals surface area (Å²) in [5, 5.41) is 5.03. The molecule has 238 valence electrons. The third kappa shape index (κ3) is 5.05. The lowest BCUT2D eigenvalue weighted by atomic mass is 9.53. The van der Waals surface area contributed by atoms with Crippen molar-refractivity contribution >= 4 is 34.5 Å². The average molecular weight is 624 g/mol. The Morgan fingerprint density at radius 2 is 1.53 bits per heavy atom. The number of aryl methyl sites for hydroxylation is 1. The van der Waals surface area contributed by atoms with Crippen molar-refractivity contribution in [3.05, 3.63) is 71.4 Å². The van der Waals surface area contributed by atoms with E-state index in [4.69, 9.17) is 0 Å². The third-order valence-corrected chi connectivity index (χ3v) is 13.8. The van der Waals surface area contributed by atoms with E-state index in [1.54, 1.807) is 0 Å². The number of aromatic nitrogens is 1. The van der Waals surface area contributed by atoms with Crippen molar-refractivity contribution in [2.45, 2.75) is 102 Å². The van der Waals surface area contributed by atoms with Gasteiger partial charge in [0.2, 0.25) is 11.8 Å². The van der Waals surface area contributed by atoms with Gasteiger partial charge in [-0.25, -0.2) is 0 Å². The highest BCUT2D eigenvalue weighted by Gasteiger charge is 2.61. The molecule has 5 aliphatic carbocycles. The number of benzene rings is 2. The largest absolute Gasteiger partial charge is 0.358 e. The molecule has 1 aromatic heterocycles. The van der Waals surface area contributed by atoms with E-state index in [1.807, 2.05) is 17.8 Å². The van der Waals surface area contributed by atoms with Crippen molar-refractivity contribution < 1.29 is 9.59 Å². The minimum atomic E-state index is -0.799. The van der Waals surface area contributed by atoms with E-state index in [0.717, 1.165) is 66.9 Å². The number of hydrogen-bond donors (Lipinski definition) is 2. The smallest absolute Gasteiger partial charge is 0.246 e. The normalized spacial score (nSPS) is 32.4. The van der Waals surface area contributed by atoms with Crippen LogP contribution in [-0.4, -0.2) is 44.3 Å². The fourth-order valence-electron chi connectivity index (χ4n) is 10.9. The van der Waals surface area contributed by atoms with Crippen LogP contribution in [0.3, 0.4) is 0 Å². The van der Waals surface area contributed by atoms with Gasteiger partial charge in [0.1, 0.15) is 5.54 Å². The van der Waals surface area contributed by atoms with Crippen molar-refractivity contribution in [1.82, 2.24) is 15.2 Å². The Hall–Kier alpha value is -2.73. The van der Waals surface area contributed by atoms with E-state index in [0.29, 0.717) is 18.9 Å². The Morgan fingerprint density at radius 1 is 0.911 bits per heavy atom. The second kappa shape index (κ2) is 10.9. The maximum atomic E-state index is 14.9. The lowest BCUT2D eigenvalue weighted by Crippen LogP contribution is -2.68. The molecule has 6 aliphatic rings.